The van der Waals surface area contributed by atoms with Crippen LogP contribution in [0, 0.1) is 0 Å². The van der Waals surface area contributed by atoms with E-state index in [1.807, 2.05) is 20.8 Å². The van der Waals surface area contributed by atoms with Gasteiger partial charge in [0.25, 0.3) is 0 Å². The zero-order valence-corrected chi connectivity index (χ0v) is 15.2. The Balaban J connectivity index is 1.82. The van der Waals surface area contributed by atoms with E-state index < -0.39 is 17.7 Å². The van der Waals surface area contributed by atoms with Gasteiger partial charge in [0.15, 0.2) is 0 Å². The molecule has 0 bridgehead atoms. The van der Waals surface area contributed by atoms with Crippen LogP contribution in [-0.4, -0.2) is 79.4 Å². The zero-order chi connectivity index (χ0) is 17.6. The number of hydrogen-bond donors (Lipinski definition) is 1. The number of nitrogens with one attached hydrogen (secondary N) is 1. The van der Waals surface area contributed by atoms with Gasteiger partial charge in [-0.3, -0.25) is 14.6 Å². The van der Waals surface area contributed by atoms with Gasteiger partial charge in [-0.05, 0) is 40.0 Å². The number of piperidine rings is 1. The Morgan fingerprint density at radius 3 is 2.54 bits per heavy atom. The van der Waals surface area contributed by atoms with E-state index in [0.717, 1.165) is 45.7 Å². The van der Waals surface area contributed by atoms with Gasteiger partial charge in [0.05, 0.1) is 13.2 Å². The first-order valence-electron chi connectivity index (χ1n) is 8.94. The molecule has 138 valence electrons. The number of amides is 2. The summed E-state index contributed by atoms with van der Waals surface area (Å²) in [7, 11) is 0. The van der Waals surface area contributed by atoms with Crippen LogP contribution in [0.15, 0.2) is 0 Å². The standard InChI is InChI=1S/C17H31N3O4/c1-17(2,3)24-16(22)20-8-5-4-6-14(20)15(21)18-7-9-19-10-12-23-13-11-19/h14H,4-13H2,1-3H3,(H,18,21)/t14-/m1/s1. The van der Waals surface area contributed by atoms with Gasteiger partial charge >= 0.3 is 6.09 Å². The fourth-order valence-corrected chi connectivity index (χ4v) is 3.02. The normalized spacial score (nSPS) is 23.0. The molecule has 2 heterocycles. The highest BCUT2D eigenvalue weighted by Crippen LogP contribution is 2.20. The maximum Gasteiger partial charge on any atom is 0.410 e. The molecule has 7 heteroatoms. The van der Waals surface area contributed by atoms with Gasteiger partial charge < -0.3 is 14.8 Å². The van der Waals surface area contributed by atoms with Crippen molar-refractivity contribution in [2.45, 2.75) is 51.7 Å². The van der Waals surface area contributed by atoms with Gasteiger partial charge in [0.1, 0.15) is 11.6 Å². The lowest BCUT2D eigenvalue weighted by Gasteiger charge is -2.36. The van der Waals surface area contributed by atoms with Crippen molar-refractivity contribution >= 4 is 12.0 Å². The van der Waals surface area contributed by atoms with Crippen molar-refractivity contribution in [1.82, 2.24) is 15.1 Å². The fraction of sp³-hybridized carbons (Fsp3) is 0.882. The van der Waals surface area contributed by atoms with E-state index in [-0.39, 0.29) is 5.91 Å². The first-order valence-corrected chi connectivity index (χ1v) is 8.94. The number of carbonyl (C=O) groups excluding carboxylic acids is 2. The van der Waals surface area contributed by atoms with Gasteiger partial charge in [-0.2, -0.15) is 0 Å². The third-order valence-electron chi connectivity index (χ3n) is 4.26. The minimum absolute atomic E-state index is 0.0752. The lowest BCUT2D eigenvalue weighted by atomic mass is 10.0. The maximum atomic E-state index is 12.5. The fourth-order valence-electron chi connectivity index (χ4n) is 3.02. The zero-order valence-electron chi connectivity index (χ0n) is 15.2. The number of morpholine rings is 1. The molecule has 2 aliphatic rings. The van der Waals surface area contributed by atoms with Crippen LogP contribution in [0.5, 0.6) is 0 Å². The second kappa shape index (κ2) is 8.67. The predicted molar refractivity (Wildman–Crippen MR) is 90.8 cm³/mol. The molecule has 24 heavy (non-hydrogen) atoms. The predicted octanol–water partition coefficient (Wildman–Crippen LogP) is 1.22. The Morgan fingerprint density at radius 2 is 1.88 bits per heavy atom. The quantitative estimate of drug-likeness (QED) is 0.833. The van der Waals surface area contributed by atoms with Crippen LogP contribution in [0.3, 0.4) is 0 Å². The lowest BCUT2D eigenvalue weighted by Crippen LogP contribution is -2.54. The number of carbonyl (C=O) groups is 2. The highest BCUT2D eigenvalue weighted by Gasteiger charge is 2.34. The van der Waals surface area contributed by atoms with Crippen LogP contribution >= 0.6 is 0 Å². The third kappa shape index (κ3) is 5.94. The van der Waals surface area contributed by atoms with Crippen molar-refractivity contribution in [2.75, 3.05) is 45.9 Å². The molecule has 2 saturated heterocycles. The van der Waals surface area contributed by atoms with Crippen LogP contribution in [0.1, 0.15) is 40.0 Å². The summed E-state index contributed by atoms with van der Waals surface area (Å²) < 4.78 is 10.8. The summed E-state index contributed by atoms with van der Waals surface area (Å²) in [5.41, 5.74) is -0.550. The number of rotatable bonds is 4. The van der Waals surface area contributed by atoms with Crippen molar-refractivity contribution in [3.05, 3.63) is 0 Å². The van der Waals surface area contributed by atoms with Crippen molar-refractivity contribution in [1.29, 1.82) is 0 Å². The van der Waals surface area contributed by atoms with Crippen molar-refractivity contribution < 1.29 is 19.1 Å². The molecule has 2 fully saturated rings. The average Bonchev–Trinajstić information content (AvgIpc) is 2.54. The van der Waals surface area contributed by atoms with Crippen molar-refractivity contribution in [3.8, 4) is 0 Å². The Labute approximate surface area is 144 Å². The molecular weight excluding hydrogens is 310 g/mol. The molecule has 7 nitrogen and oxygen atoms in total. The van der Waals surface area contributed by atoms with Crippen LogP contribution in [0.4, 0.5) is 4.79 Å². The SMILES string of the molecule is CC(C)(C)OC(=O)N1CCCC[C@@H]1C(=O)NCCN1CCOCC1. The molecule has 1 atom stereocenters. The molecule has 0 saturated carbocycles. The molecule has 0 unspecified atom stereocenters. The van der Waals surface area contributed by atoms with Crippen molar-refractivity contribution in [2.24, 2.45) is 0 Å². The summed E-state index contributed by atoms with van der Waals surface area (Å²) in [4.78, 5) is 28.7. The van der Waals surface area contributed by atoms with Crippen molar-refractivity contribution in [3.63, 3.8) is 0 Å². The summed E-state index contributed by atoms with van der Waals surface area (Å²) in [6.45, 7) is 10.8. The van der Waals surface area contributed by atoms with Crippen LogP contribution in [0.25, 0.3) is 0 Å². The van der Waals surface area contributed by atoms with E-state index in [4.69, 9.17) is 9.47 Å². The largest absolute Gasteiger partial charge is 0.444 e. The van der Waals surface area contributed by atoms with E-state index in [9.17, 15) is 9.59 Å². The second-order valence-electron chi connectivity index (χ2n) is 7.43. The molecule has 2 amide bonds. The molecule has 0 aromatic carbocycles. The molecule has 0 aromatic heterocycles. The monoisotopic (exact) mass is 341 g/mol. The van der Waals surface area contributed by atoms with Gasteiger partial charge in [0, 0.05) is 32.7 Å². The summed E-state index contributed by atoms with van der Waals surface area (Å²) in [5.74, 6) is -0.0752. The summed E-state index contributed by atoms with van der Waals surface area (Å²) in [5, 5.41) is 2.98. The number of hydrogen-bond acceptors (Lipinski definition) is 5. The van der Waals surface area contributed by atoms with Gasteiger partial charge in [-0.1, -0.05) is 0 Å². The van der Waals surface area contributed by atoms with E-state index >= 15 is 0 Å². The Hall–Kier alpha value is -1.34. The third-order valence-corrected chi connectivity index (χ3v) is 4.26. The topological polar surface area (TPSA) is 71.1 Å². The number of likely N-dealkylation sites (tertiary alicyclic amines) is 1. The molecule has 1 N–H and O–H groups in total. The van der Waals surface area contributed by atoms with Gasteiger partial charge in [-0.25, -0.2) is 4.79 Å². The molecule has 2 aliphatic heterocycles. The molecule has 2 rings (SSSR count). The molecule has 0 aliphatic carbocycles. The van der Waals surface area contributed by atoms with E-state index in [0.29, 0.717) is 19.5 Å². The van der Waals surface area contributed by atoms with E-state index in [1.165, 1.54) is 0 Å². The molecule has 0 aromatic rings. The van der Waals surface area contributed by atoms with E-state index in [1.54, 1.807) is 4.90 Å². The molecular formula is C17H31N3O4. The second-order valence-corrected chi connectivity index (χ2v) is 7.43. The minimum Gasteiger partial charge on any atom is -0.444 e. The first-order chi connectivity index (χ1) is 11.4. The van der Waals surface area contributed by atoms with Crippen LogP contribution in [-0.2, 0) is 14.3 Å². The number of nitrogens with zero attached hydrogens (tertiary/aromatic N) is 2. The molecule has 0 spiro atoms. The summed E-state index contributed by atoms with van der Waals surface area (Å²) in [6, 6.07) is -0.418. The van der Waals surface area contributed by atoms with Gasteiger partial charge in [0.2, 0.25) is 5.91 Å². The van der Waals surface area contributed by atoms with E-state index in [2.05, 4.69) is 10.2 Å². The highest BCUT2D eigenvalue weighted by atomic mass is 16.6. The minimum atomic E-state index is -0.550. The average molecular weight is 341 g/mol. The molecule has 0 radical (unpaired) electrons. The Morgan fingerprint density at radius 1 is 1.17 bits per heavy atom. The summed E-state index contributed by atoms with van der Waals surface area (Å²) >= 11 is 0. The Kier molecular flexibility index (Phi) is 6.86. The van der Waals surface area contributed by atoms with Crippen LogP contribution < -0.4 is 5.32 Å². The number of ether oxygens (including phenoxy) is 2. The lowest BCUT2D eigenvalue weighted by molar-refractivity contribution is -0.127. The van der Waals surface area contributed by atoms with Gasteiger partial charge in [-0.15, -0.1) is 0 Å². The smallest absolute Gasteiger partial charge is 0.410 e. The Bertz CT molecular complexity index is 430. The first kappa shape index (κ1) is 19.0. The van der Waals surface area contributed by atoms with Crippen LogP contribution in [0.2, 0.25) is 0 Å². The summed E-state index contributed by atoms with van der Waals surface area (Å²) in [6.07, 6.45) is 2.18. The maximum absolute atomic E-state index is 12.5. The highest BCUT2D eigenvalue weighted by molar-refractivity contribution is 5.85.